The highest BCUT2D eigenvalue weighted by molar-refractivity contribution is 6.33. The van der Waals surface area contributed by atoms with Gasteiger partial charge in [-0.2, -0.15) is 0 Å². The number of pyridine rings is 1. The minimum atomic E-state index is 0.639. The van der Waals surface area contributed by atoms with Crippen LogP contribution in [-0.2, 0) is 0 Å². The van der Waals surface area contributed by atoms with Crippen LogP contribution in [0.1, 0.15) is 0 Å². The van der Waals surface area contributed by atoms with Crippen molar-refractivity contribution in [1.29, 1.82) is 0 Å². The number of halogens is 1. The molecule has 0 aliphatic carbocycles. The molecule has 2 aromatic rings. The Morgan fingerprint density at radius 1 is 1.07 bits per heavy atom. The van der Waals surface area contributed by atoms with E-state index < -0.39 is 0 Å². The highest BCUT2D eigenvalue weighted by atomic mass is 35.5. The van der Waals surface area contributed by atoms with Gasteiger partial charge in [-0.05, 0) is 12.1 Å². The van der Waals surface area contributed by atoms with E-state index in [1.807, 2.05) is 30.3 Å². The standard InChI is InChI=1S/C11H9ClN2/c12-10-4-2-1-3-8(10)9-5-6-14-7-11(9)13/h1-7H,13H2. The van der Waals surface area contributed by atoms with Gasteiger partial charge >= 0.3 is 0 Å². The van der Waals surface area contributed by atoms with E-state index in [9.17, 15) is 0 Å². The van der Waals surface area contributed by atoms with Crippen LogP contribution in [0.25, 0.3) is 11.1 Å². The highest BCUT2D eigenvalue weighted by Gasteiger charge is 2.04. The Kier molecular flexibility index (Phi) is 2.37. The number of nitrogens with zero attached hydrogens (tertiary/aromatic N) is 1. The summed E-state index contributed by atoms with van der Waals surface area (Å²) in [5.74, 6) is 0. The molecule has 70 valence electrons. The van der Waals surface area contributed by atoms with Crippen LogP contribution in [0.2, 0.25) is 5.02 Å². The van der Waals surface area contributed by atoms with E-state index in [1.165, 1.54) is 0 Å². The van der Waals surface area contributed by atoms with Crippen molar-refractivity contribution in [3.63, 3.8) is 0 Å². The predicted molar refractivity (Wildman–Crippen MR) is 59.1 cm³/mol. The molecule has 0 aliphatic heterocycles. The van der Waals surface area contributed by atoms with Crippen molar-refractivity contribution in [3.8, 4) is 11.1 Å². The maximum Gasteiger partial charge on any atom is 0.0580 e. The topological polar surface area (TPSA) is 38.9 Å². The van der Waals surface area contributed by atoms with Crippen molar-refractivity contribution in [2.45, 2.75) is 0 Å². The van der Waals surface area contributed by atoms with Gasteiger partial charge in [-0.3, -0.25) is 4.98 Å². The van der Waals surface area contributed by atoms with Crippen LogP contribution >= 0.6 is 11.6 Å². The molecule has 1 aromatic heterocycles. The van der Waals surface area contributed by atoms with Crippen LogP contribution in [0, 0.1) is 0 Å². The maximum atomic E-state index is 6.05. The SMILES string of the molecule is Nc1cnccc1-c1ccccc1Cl. The molecule has 0 bridgehead atoms. The molecule has 3 heteroatoms. The van der Waals surface area contributed by atoms with E-state index in [0.29, 0.717) is 10.7 Å². The zero-order valence-electron chi connectivity index (χ0n) is 7.44. The first-order valence-electron chi connectivity index (χ1n) is 4.23. The van der Waals surface area contributed by atoms with Gasteiger partial charge in [0.2, 0.25) is 0 Å². The van der Waals surface area contributed by atoms with Crippen LogP contribution in [-0.4, -0.2) is 4.98 Å². The lowest BCUT2D eigenvalue weighted by molar-refractivity contribution is 1.33. The second-order valence-corrected chi connectivity index (χ2v) is 3.35. The number of anilines is 1. The molecule has 2 nitrogen and oxygen atoms in total. The fourth-order valence-corrected chi connectivity index (χ4v) is 1.57. The average molecular weight is 205 g/mol. The lowest BCUT2D eigenvalue weighted by Crippen LogP contribution is -1.90. The largest absolute Gasteiger partial charge is 0.397 e. The van der Waals surface area contributed by atoms with Gasteiger partial charge in [0.1, 0.15) is 0 Å². The summed E-state index contributed by atoms with van der Waals surface area (Å²) in [5.41, 5.74) is 8.30. The van der Waals surface area contributed by atoms with E-state index in [4.69, 9.17) is 17.3 Å². The number of rotatable bonds is 1. The molecule has 0 fully saturated rings. The Morgan fingerprint density at radius 3 is 2.57 bits per heavy atom. The third kappa shape index (κ3) is 1.56. The Morgan fingerprint density at radius 2 is 1.86 bits per heavy atom. The lowest BCUT2D eigenvalue weighted by Gasteiger charge is -2.06. The first-order valence-corrected chi connectivity index (χ1v) is 4.61. The second-order valence-electron chi connectivity index (χ2n) is 2.94. The molecule has 1 aromatic carbocycles. The lowest BCUT2D eigenvalue weighted by atomic mass is 10.1. The Labute approximate surface area is 87.4 Å². The Balaban J connectivity index is 2.61. The summed E-state index contributed by atoms with van der Waals surface area (Å²) in [7, 11) is 0. The number of aromatic nitrogens is 1. The van der Waals surface area contributed by atoms with Crippen molar-refractivity contribution in [2.75, 3.05) is 5.73 Å². The molecule has 0 unspecified atom stereocenters. The molecule has 0 aliphatic rings. The molecule has 2 rings (SSSR count). The number of nitrogens with two attached hydrogens (primary N) is 1. The molecule has 0 radical (unpaired) electrons. The summed E-state index contributed by atoms with van der Waals surface area (Å²) >= 11 is 6.05. The van der Waals surface area contributed by atoms with Crippen molar-refractivity contribution < 1.29 is 0 Å². The summed E-state index contributed by atoms with van der Waals surface area (Å²) < 4.78 is 0. The maximum absolute atomic E-state index is 6.05. The zero-order chi connectivity index (χ0) is 9.97. The predicted octanol–water partition coefficient (Wildman–Crippen LogP) is 2.98. The monoisotopic (exact) mass is 204 g/mol. The van der Waals surface area contributed by atoms with Crippen molar-refractivity contribution in [1.82, 2.24) is 4.98 Å². The van der Waals surface area contributed by atoms with Gasteiger partial charge in [-0.15, -0.1) is 0 Å². The number of hydrogen-bond acceptors (Lipinski definition) is 2. The van der Waals surface area contributed by atoms with Gasteiger partial charge in [0.15, 0.2) is 0 Å². The van der Waals surface area contributed by atoms with E-state index in [2.05, 4.69) is 4.98 Å². The molecule has 14 heavy (non-hydrogen) atoms. The molecular formula is C11H9ClN2. The van der Waals surface area contributed by atoms with Gasteiger partial charge in [0.05, 0.1) is 11.9 Å². The molecule has 0 saturated carbocycles. The number of hydrogen-bond donors (Lipinski definition) is 1. The van der Waals surface area contributed by atoms with E-state index >= 15 is 0 Å². The third-order valence-corrected chi connectivity index (χ3v) is 2.35. The van der Waals surface area contributed by atoms with Crippen molar-refractivity contribution in [3.05, 3.63) is 47.7 Å². The fourth-order valence-electron chi connectivity index (χ4n) is 1.33. The molecule has 0 saturated heterocycles. The summed E-state index contributed by atoms with van der Waals surface area (Å²) in [6, 6.07) is 9.46. The summed E-state index contributed by atoms with van der Waals surface area (Å²) in [4.78, 5) is 3.93. The van der Waals surface area contributed by atoms with Crippen LogP contribution in [0.15, 0.2) is 42.7 Å². The number of nitrogen functional groups attached to an aromatic ring is 1. The summed E-state index contributed by atoms with van der Waals surface area (Å²) in [5, 5.41) is 0.699. The van der Waals surface area contributed by atoms with E-state index in [-0.39, 0.29) is 0 Å². The highest BCUT2D eigenvalue weighted by Crippen LogP contribution is 2.30. The first-order chi connectivity index (χ1) is 6.79. The van der Waals surface area contributed by atoms with Crippen LogP contribution < -0.4 is 5.73 Å². The van der Waals surface area contributed by atoms with Gasteiger partial charge in [0, 0.05) is 22.3 Å². The van der Waals surface area contributed by atoms with Crippen molar-refractivity contribution in [2.24, 2.45) is 0 Å². The fraction of sp³-hybridized carbons (Fsp3) is 0. The third-order valence-electron chi connectivity index (χ3n) is 2.02. The van der Waals surface area contributed by atoms with Crippen LogP contribution in [0.4, 0.5) is 5.69 Å². The van der Waals surface area contributed by atoms with Crippen LogP contribution in [0.5, 0.6) is 0 Å². The van der Waals surface area contributed by atoms with Gasteiger partial charge in [-0.1, -0.05) is 29.8 Å². The molecular weight excluding hydrogens is 196 g/mol. The molecule has 1 heterocycles. The van der Waals surface area contributed by atoms with Gasteiger partial charge in [-0.25, -0.2) is 0 Å². The Hall–Kier alpha value is -1.54. The smallest absolute Gasteiger partial charge is 0.0580 e. The Bertz CT molecular complexity index is 411. The van der Waals surface area contributed by atoms with Gasteiger partial charge < -0.3 is 5.73 Å². The summed E-state index contributed by atoms with van der Waals surface area (Å²) in [6.07, 6.45) is 3.33. The molecule has 0 amide bonds. The quantitative estimate of drug-likeness (QED) is 0.776. The molecule has 0 spiro atoms. The van der Waals surface area contributed by atoms with E-state index in [1.54, 1.807) is 12.4 Å². The zero-order valence-corrected chi connectivity index (χ0v) is 8.20. The minimum absolute atomic E-state index is 0.639. The van der Waals surface area contributed by atoms with Gasteiger partial charge in [0.25, 0.3) is 0 Å². The van der Waals surface area contributed by atoms with Crippen LogP contribution in [0.3, 0.4) is 0 Å². The molecule has 0 atom stereocenters. The molecule has 2 N–H and O–H groups in total. The number of benzene rings is 1. The second kappa shape index (κ2) is 3.68. The first kappa shape index (κ1) is 9.03. The van der Waals surface area contributed by atoms with Crippen molar-refractivity contribution >= 4 is 17.3 Å². The summed E-state index contributed by atoms with van der Waals surface area (Å²) in [6.45, 7) is 0. The normalized spacial score (nSPS) is 10.1. The minimum Gasteiger partial charge on any atom is -0.397 e. The average Bonchev–Trinajstić information content (AvgIpc) is 2.20. The van der Waals surface area contributed by atoms with E-state index in [0.717, 1.165) is 11.1 Å².